The molecule has 1 heterocycles. The zero-order chi connectivity index (χ0) is 19.6. The maximum Gasteiger partial charge on any atom is 0.297 e. The van der Waals surface area contributed by atoms with Crippen LogP contribution in [0.25, 0.3) is 10.4 Å². The summed E-state index contributed by atoms with van der Waals surface area (Å²) in [5.41, 5.74) is 5.71. The van der Waals surface area contributed by atoms with E-state index in [1.54, 1.807) is 0 Å². The topological polar surface area (TPSA) is 89.3 Å². The second-order valence-corrected chi connectivity index (χ2v) is 6.92. The van der Waals surface area contributed by atoms with E-state index in [4.69, 9.17) is 17.3 Å². The highest BCUT2D eigenvalue weighted by atomic mass is 35.5. The Morgan fingerprint density at radius 2 is 1.74 bits per heavy atom. The Labute approximate surface area is 162 Å². The van der Waals surface area contributed by atoms with Gasteiger partial charge >= 0.3 is 0 Å². The molecule has 136 valence electrons. The van der Waals surface area contributed by atoms with Crippen LogP contribution in [0.3, 0.4) is 0 Å². The molecular formula is C19H12ClFN2O3S. The zero-order valence-electron chi connectivity index (χ0n) is 13.7. The molecular weight excluding hydrogens is 391 g/mol. The number of amides is 2. The van der Waals surface area contributed by atoms with Crippen LogP contribution in [0.15, 0.2) is 54.6 Å². The fourth-order valence-electron chi connectivity index (χ4n) is 2.40. The molecule has 5 nitrogen and oxygen atoms in total. The molecule has 2 amide bonds. The van der Waals surface area contributed by atoms with Gasteiger partial charge in [0.2, 0.25) is 0 Å². The van der Waals surface area contributed by atoms with Crippen LogP contribution < -0.4 is 11.1 Å². The fourth-order valence-corrected chi connectivity index (χ4v) is 3.71. The summed E-state index contributed by atoms with van der Waals surface area (Å²) < 4.78 is 13.9. The summed E-state index contributed by atoms with van der Waals surface area (Å²) in [6.45, 7) is 0. The number of Topliss-reactive ketones (excluding diaryl/α,β-unsaturated/α-hetero) is 1. The van der Waals surface area contributed by atoms with Crippen molar-refractivity contribution in [2.24, 2.45) is 5.73 Å². The van der Waals surface area contributed by atoms with E-state index in [2.05, 4.69) is 5.32 Å². The quantitative estimate of drug-likeness (QED) is 0.496. The molecule has 0 aliphatic rings. The summed E-state index contributed by atoms with van der Waals surface area (Å²) in [6.07, 6.45) is 0. The van der Waals surface area contributed by atoms with E-state index in [1.807, 2.05) is 30.3 Å². The first-order valence-corrected chi connectivity index (χ1v) is 8.86. The van der Waals surface area contributed by atoms with E-state index >= 15 is 0 Å². The lowest BCUT2D eigenvalue weighted by molar-refractivity contribution is -0.112. The summed E-state index contributed by atoms with van der Waals surface area (Å²) in [5, 5.41) is 2.26. The monoisotopic (exact) mass is 402 g/mol. The van der Waals surface area contributed by atoms with Crippen LogP contribution in [-0.4, -0.2) is 17.6 Å². The number of nitrogens with two attached hydrogens (primary N) is 1. The molecule has 0 spiro atoms. The van der Waals surface area contributed by atoms with Gasteiger partial charge in [-0.05, 0) is 23.8 Å². The minimum atomic E-state index is -1.15. The van der Waals surface area contributed by atoms with Crippen LogP contribution in [-0.2, 0) is 4.79 Å². The Morgan fingerprint density at radius 3 is 2.37 bits per heavy atom. The molecule has 0 bridgehead atoms. The van der Waals surface area contributed by atoms with Gasteiger partial charge < -0.3 is 11.1 Å². The minimum Gasteiger partial charge on any atom is -0.366 e. The van der Waals surface area contributed by atoms with E-state index < -0.39 is 29.0 Å². The molecule has 0 aliphatic carbocycles. The largest absolute Gasteiger partial charge is 0.366 e. The first kappa shape index (κ1) is 18.8. The minimum absolute atomic E-state index is 0.0552. The summed E-state index contributed by atoms with van der Waals surface area (Å²) in [4.78, 5) is 37.0. The van der Waals surface area contributed by atoms with Crippen molar-refractivity contribution in [3.8, 4) is 10.4 Å². The lowest BCUT2D eigenvalue weighted by atomic mass is 10.1. The molecule has 3 N–H and O–H groups in total. The predicted molar refractivity (Wildman–Crippen MR) is 103 cm³/mol. The standard InChI is InChI=1S/C19H12ClFN2O3S/c20-12-7-4-8-13(21)15(12)16(24)18(26)23-19-11(17(22)25)9-14(27-19)10-5-2-1-3-6-10/h1-9H,(H2,22,25)(H,23,26). The molecule has 8 heteroatoms. The molecule has 27 heavy (non-hydrogen) atoms. The number of primary amides is 1. The highest BCUT2D eigenvalue weighted by Crippen LogP contribution is 2.35. The highest BCUT2D eigenvalue weighted by molar-refractivity contribution is 7.20. The highest BCUT2D eigenvalue weighted by Gasteiger charge is 2.25. The Hall–Kier alpha value is -3.03. The lowest BCUT2D eigenvalue weighted by Crippen LogP contribution is -2.25. The van der Waals surface area contributed by atoms with Gasteiger partial charge in [-0.2, -0.15) is 0 Å². The van der Waals surface area contributed by atoms with Gasteiger partial charge in [0.15, 0.2) is 0 Å². The van der Waals surface area contributed by atoms with Crippen molar-refractivity contribution < 1.29 is 18.8 Å². The van der Waals surface area contributed by atoms with Gasteiger partial charge in [0.1, 0.15) is 10.8 Å². The molecule has 3 aromatic rings. The van der Waals surface area contributed by atoms with Crippen molar-refractivity contribution in [2.75, 3.05) is 5.32 Å². The molecule has 0 saturated heterocycles. The fraction of sp³-hybridized carbons (Fsp3) is 0. The number of benzene rings is 2. The summed E-state index contributed by atoms with van der Waals surface area (Å²) in [5.74, 6) is -3.94. The number of rotatable bonds is 5. The van der Waals surface area contributed by atoms with Gasteiger partial charge in [0.25, 0.3) is 17.6 Å². The third-order valence-electron chi connectivity index (χ3n) is 3.68. The van der Waals surface area contributed by atoms with Gasteiger partial charge in [0.05, 0.1) is 16.1 Å². The second-order valence-electron chi connectivity index (χ2n) is 5.46. The molecule has 0 radical (unpaired) electrons. The second kappa shape index (κ2) is 7.69. The average molecular weight is 403 g/mol. The van der Waals surface area contributed by atoms with Crippen molar-refractivity contribution in [1.29, 1.82) is 0 Å². The first-order chi connectivity index (χ1) is 12.9. The summed E-state index contributed by atoms with van der Waals surface area (Å²) in [6, 6.07) is 14.3. The van der Waals surface area contributed by atoms with Gasteiger partial charge in [-0.25, -0.2) is 4.39 Å². The molecule has 1 aromatic heterocycles. The Balaban J connectivity index is 1.93. The van der Waals surface area contributed by atoms with Gasteiger partial charge in [-0.15, -0.1) is 11.3 Å². The van der Waals surface area contributed by atoms with Crippen molar-refractivity contribution in [2.45, 2.75) is 0 Å². The molecule has 2 aromatic carbocycles. The number of thiophene rings is 1. The van der Waals surface area contributed by atoms with E-state index in [1.165, 1.54) is 18.2 Å². The van der Waals surface area contributed by atoms with Crippen LogP contribution in [0.2, 0.25) is 5.02 Å². The van der Waals surface area contributed by atoms with Crippen LogP contribution in [0.1, 0.15) is 20.7 Å². The SMILES string of the molecule is NC(=O)c1cc(-c2ccccc2)sc1NC(=O)C(=O)c1c(F)cccc1Cl. The molecule has 0 atom stereocenters. The number of halogens is 2. The summed E-state index contributed by atoms with van der Waals surface area (Å²) in [7, 11) is 0. The number of anilines is 1. The third-order valence-corrected chi connectivity index (χ3v) is 5.09. The van der Waals surface area contributed by atoms with E-state index in [9.17, 15) is 18.8 Å². The zero-order valence-corrected chi connectivity index (χ0v) is 15.2. The van der Waals surface area contributed by atoms with E-state index in [-0.39, 0.29) is 15.6 Å². The maximum atomic E-state index is 13.9. The molecule has 0 saturated carbocycles. The third kappa shape index (κ3) is 3.89. The van der Waals surface area contributed by atoms with Crippen LogP contribution in [0, 0.1) is 5.82 Å². The number of carbonyl (C=O) groups excluding carboxylic acids is 3. The summed E-state index contributed by atoms with van der Waals surface area (Å²) >= 11 is 6.90. The molecule has 0 fully saturated rings. The number of hydrogen-bond acceptors (Lipinski definition) is 4. The van der Waals surface area contributed by atoms with E-state index in [0.29, 0.717) is 4.88 Å². The van der Waals surface area contributed by atoms with E-state index in [0.717, 1.165) is 23.0 Å². The van der Waals surface area contributed by atoms with Crippen molar-refractivity contribution in [1.82, 2.24) is 0 Å². The van der Waals surface area contributed by atoms with Gasteiger partial charge in [-0.1, -0.05) is 48.0 Å². The smallest absolute Gasteiger partial charge is 0.297 e. The van der Waals surface area contributed by atoms with Crippen molar-refractivity contribution in [3.63, 3.8) is 0 Å². The van der Waals surface area contributed by atoms with Crippen molar-refractivity contribution in [3.05, 3.63) is 76.6 Å². The lowest BCUT2D eigenvalue weighted by Gasteiger charge is -2.06. The number of nitrogens with one attached hydrogen (secondary N) is 1. The Bertz CT molecular complexity index is 1030. The van der Waals surface area contributed by atoms with Crippen LogP contribution >= 0.6 is 22.9 Å². The molecule has 0 unspecified atom stereocenters. The number of ketones is 1. The van der Waals surface area contributed by atoms with Gasteiger partial charge in [-0.3, -0.25) is 14.4 Å². The number of carbonyl (C=O) groups is 3. The van der Waals surface area contributed by atoms with Gasteiger partial charge in [0, 0.05) is 4.88 Å². The normalized spacial score (nSPS) is 10.4. The van der Waals surface area contributed by atoms with Crippen LogP contribution in [0.4, 0.5) is 9.39 Å². The van der Waals surface area contributed by atoms with Crippen LogP contribution in [0.5, 0.6) is 0 Å². The van der Waals surface area contributed by atoms with Crippen molar-refractivity contribution >= 4 is 45.5 Å². The Morgan fingerprint density at radius 1 is 1.04 bits per heavy atom. The molecule has 0 aliphatic heterocycles. The Kier molecular flexibility index (Phi) is 5.34. The average Bonchev–Trinajstić information content (AvgIpc) is 3.06. The maximum absolute atomic E-state index is 13.9. The number of hydrogen-bond donors (Lipinski definition) is 2. The first-order valence-electron chi connectivity index (χ1n) is 7.67. The predicted octanol–water partition coefficient (Wildman–Crippen LogP) is 4.13. The molecule has 3 rings (SSSR count).